The van der Waals surface area contributed by atoms with Gasteiger partial charge in [0, 0.05) is 74.2 Å². The number of ether oxygens (including phenoxy) is 1. The number of allylic oxidation sites excluding steroid dienone is 1. The van der Waals surface area contributed by atoms with E-state index in [0.29, 0.717) is 31.6 Å². The van der Waals surface area contributed by atoms with Gasteiger partial charge >= 0.3 is 0 Å². The Balaban J connectivity index is 1.41. The number of aliphatic imine (C=N–C) groups is 1. The van der Waals surface area contributed by atoms with E-state index in [-0.39, 0.29) is 40.6 Å². The minimum Gasteiger partial charge on any atom is -0.455 e. The Morgan fingerprint density at radius 1 is 1.11 bits per heavy atom. The van der Waals surface area contributed by atoms with Crippen LogP contribution < -0.4 is 25.2 Å². The molecule has 0 amide bonds. The summed E-state index contributed by atoms with van der Waals surface area (Å²) in [5.74, 6) is -2.50. The largest absolute Gasteiger partial charge is 0.455 e. The molecule has 0 spiro atoms. The molecule has 6 nitrogen and oxygen atoms in total. The number of hydrogen-bond donors (Lipinski definition) is 2. The lowest BCUT2D eigenvalue weighted by atomic mass is 10.0. The van der Waals surface area contributed by atoms with Crippen LogP contribution in [0.25, 0.3) is 0 Å². The quantitative estimate of drug-likeness (QED) is 0.527. The highest BCUT2D eigenvalue weighted by Gasteiger charge is 2.34. The minimum absolute atomic E-state index is 0.0218. The molecular weight excluding hydrogens is 491 g/mol. The molecule has 1 saturated heterocycles. The molecule has 3 aliphatic rings. The molecule has 2 N–H and O–H groups in total. The van der Waals surface area contributed by atoms with Crippen LogP contribution in [0.15, 0.2) is 46.9 Å². The van der Waals surface area contributed by atoms with E-state index in [2.05, 4.69) is 20.5 Å². The van der Waals surface area contributed by atoms with E-state index in [4.69, 9.17) is 4.74 Å². The van der Waals surface area contributed by atoms with E-state index < -0.39 is 17.5 Å². The lowest BCUT2D eigenvalue weighted by molar-refractivity contribution is 0.310. The second-order valence-electron chi connectivity index (χ2n) is 10.3. The highest BCUT2D eigenvalue weighted by Crippen LogP contribution is 2.41. The third kappa shape index (κ3) is 5.21. The maximum atomic E-state index is 16.0. The van der Waals surface area contributed by atoms with Gasteiger partial charge in [-0.25, -0.2) is 8.78 Å². The van der Waals surface area contributed by atoms with Crippen molar-refractivity contribution in [3.05, 3.63) is 59.1 Å². The van der Waals surface area contributed by atoms with Gasteiger partial charge in [0.1, 0.15) is 5.76 Å². The molecule has 5 rings (SSSR count). The first-order valence-corrected chi connectivity index (χ1v) is 13.6. The molecule has 0 bridgehead atoms. The van der Waals surface area contributed by atoms with Crippen LogP contribution in [-0.4, -0.2) is 51.1 Å². The number of benzene rings is 2. The maximum Gasteiger partial charge on any atom is 0.203 e. The highest BCUT2D eigenvalue weighted by atomic mass is 19.1. The first-order valence-electron chi connectivity index (χ1n) is 13.6. The molecule has 1 fully saturated rings. The van der Waals surface area contributed by atoms with Gasteiger partial charge in [0.05, 0.1) is 5.69 Å². The molecule has 0 aromatic heterocycles. The van der Waals surface area contributed by atoms with Gasteiger partial charge in [-0.05, 0) is 57.4 Å². The van der Waals surface area contributed by atoms with E-state index in [1.807, 2.05) is 49.9 Å². The number of nitrogens with zero attached hydrogens (tertiary/aromatic N) is 3. The summed E-state index contributed by atoms with van der Waals surface area (Å²) >= 11 is 0. The Hall–Kier alpha value is -3.20. The molecule has 2 atom stereocenters. The monoisotopic (exact) mass is 527 g/mol. The summed E-state index contributed by atoms with van der Waals surface area (Å²) in [4.78, 5) is 8.57. The van der Waals surface area contributed by atoms with Gasteiger partial charge in [0.15, 0.2) is 23.2 Å². The highest BCUT2D eigenvalue weighted by molar-refractivity contribution is 6.07. The zero-order valence-electron chi connectivity index (χ0n) is 22.3. The first-order chi connectivity index (χ1) is 18.4. The number of rotatable bonds is 5. The standard InChI is InChI=1S/C29H36F3N5O/c1-4-37-19(3)16-22-25(31)24(17-23(30)27(22)37)38-28-18(2)6-5-11-34-29(26(28)32)35-20-7-9-21(10-8-20)36-14-12-33-13-15-36/h7-10,17-19,33H,4-6,11-16H2,1-3H3,(H,34,35)/b28-26-. The summed E-state index contributed by atoms with van der Waals surface area (Å²) in [5.41, 5.74) is 2.35. The van der Waals surface area contributed by atoms with E-state index >= 15 is 13.2 Å². The zero-order chi connectivity index (χ0) is 26.8. The number of hydrogen-bond acceptors (Lipinski definition) is 6. The second kappa shape index (κ2) is 11.3. The fourth-order valence-electron chi connectivity index (χ4n) is 5.61. The molecule has 0 aliphatic carbocycles. The van der Waals surface area contributed by atoms with Crippen molar-refractivity contribution in [2.45, 2.75) is 46.1 Å². The zero-order valence-corrected chi connectivity index (χ0v) is 22.3. The molecule has 204 valence electrons. The third-order valence-corrected chi connectivity index (χ3v) is 7.68. The Morgan fingerprint density at radius 2 is 1.84 bits per heavy atom. The minimum atomic E-state index is -0.688. The maximum absolute atomic E-state index is 16.0. The summed E-state index contributed by atoms with van der Waals surface area (Å²) in [6.07, 6.45) is 1.71. The fourth-order valence-corrected chi connectivity index (χ4v) is 5.61. The number of nitrogens with one attached hydrogen (secondary N) is 2. The molecule has 0 radical (unpaired) electrons. The molecule has 38 heavy (non-hydrogen) atoms. The fraction of sp³-hybridized carbons (Fsp3) is 0.483. The lowest BCUT2D eigenvalue weighted by Crippen LogP contribution is -2.43. The Labute approximate surface area is 222 Å². The molecule has 2 aromatic carbocycles. The van der Waals surface area contributed by atoms with Crippen LogP contribution in [0.4, 0.5) is 30.2 Å². The summed E-state index contributed by atoms with van der Waals surface area (Å²) in [5, 5.41) is 6.42. The van der Waals surface area contributed by atoms with E-state index in [1.165, 1.54) is 0 Å². The average Bonchev–Trinajstić information content (AvgIpc) is 3.28. The van der Waals surface area contributed by atoms with Crippen LogP contribution in [0, 0.1) is 17.6 Å². The molecule has 3 aliphatic heterocycles. The topological polar surface area (TPSA) is 52.1 Å². The average molecular weight is 528 g/mol. The van der Waals surface area contributed by atoms with Gasteiger partial charge in [0.25, 0.3) is 0 Å². The number of halogens is 3. The molecule has 2 unspecified atom stereocenters. The Morgan fingerprint density at radius 3 is 2.55 bits per heavy atom. The van der Waals surface area contributed by atoms with Gasteiger partial charge in [-0.1, -0.05) is 6.92 Å². The number of likely N-dealkylation sites (N-methyl/N-ethyl adjacent to an activating group) is 1. The number of fused-ring (bicyclic) bond motifs is 1. The van der Waals surface area contributed by atoms with Gasteiger partial charge in [-0.3, -0.25) is 4.99 Å². The van der Waals surface area contributed by atoms with Crippen molar-refractivity contribution in [2.75, 3.05) is 54.4 Å². The van der Waals surface area contributed by atoms with Crippen LogP contribution in [0.1, 0.15) is 39.2 Å². The van der Waals surface area contributed by atoms with Crippen LogP contribution in [0.3, 0.4) is 0 Å². The van der Waals surface area contributed by atoms with Gasteiger partial charge in [-0.15, -0.1) is 0 Å². The molecule has 0 saturated carbocycles. The van der Waals surface area contributed by atoms with E-state index in [0.717, 1.165) is 44.4 Å². The van der Waals surface area contributed by atoms with Crippen molar-refractivity contribution in [1.82, 2.24) is 5.32 Å². The summed E-state index contributed by atoms with van der Waals surface area (Å²) in [6.45, 7) is 10.5. The van der Waals surface area contributed by atoms with Gasteiger partial charge < -0.3 is 25.2 Å². The van der Waals surface area contributed by atoms with Crippen molar-refractivity contribution in [3.63, 3.8) is 0 Å². The first kappa shape index (κ1) is 26.4. The SMILES string of the molecule is CCN1c2c(F)cc(O/C3=C(\F)C(Nc4ccc(N5CCNCC5)cc4)=NCCCC3C)c(F)c2CC1C. The van der Waals surface area contributed by atoms with Crippen LogP contribution in [-0.2, 0) is 6.42 Å². The summed E-state index contributed by atoms with van der Waals surface area (Å²) in [7, 11) is 0. The molecular formula is C29H36F3N5O. The lowest BCUT2D eigenvalue weighted by Gasteiger charge is -2.29. The van der Waals surface area contributed by atoms with Crippen molar-refractivity contribution in [2.24, 2.45) is 10.9 Å². The number of piperazine rings is 1. The van der Waals surface area contributed by atoms with Crippen molar-refractivity contribution in [1.29, 1.82) is 0 Å². The van der Waals surface area contributed by atoms with Gasteiger partial charge in [0.2, 0.25) is 5.83 Å². The summed E-state index contributed by atoms with van der Waals surface area (Å²) in [6, 6.07) is 8.81. The Kier molecular flexibility index (Phi) is 7.83. The van der Waals surface area contributed by atoms with Crippen molar-refractivity contribution >= 4 is 22.9 Å². The normalized spacial score (nSPS) is 24.0. The van der Waals surface area contributed by atoms with E-state index in [9.17, 15) is 0 Å². The second-order valence-corrected chi connectivity index (χ2v) is 10.3. The van der Waals surface area contributed by atoms with Gasteiger partial charge in [-0.2, -0.15) is 4.39 Å². The van der Waals surface area contributed by atoms with Crippen molar-refractivity contribution < 1.29 is 17.9 Å². The van der Waals surface area contributed by atoms with Crippen molar-refractivity contribution in [3.8, 4) is 5.75 Å². The third-order valence-electron chi connectivity index (χ3n) is 7.68. The van der Waals surface area contributed by atoms with Crippen LogP contribution in [0.5, 0.6) is 5.75 Å². The van der Waals surface area contributed by atoms with Crippen LogP contribution >= 0.6 is 0 Å². The Bertz CT molecular complexity index is 1220. The smallest absolute Gasteiger partial charge is 0.203 e. The molecule has 2 aromatic rings. The predicted octanol–water partition coefficient (Wildman–Crippen LogP) is 5.65. The summed E-state index contributed by atoms with van der Waals surface area (Å²) < 4.78 is 52.5. The molecule has 9 heteroatoms. The van der Waals surface area contributed by atoms with E-state index in [1.54, 1.807) is 0 Å². The number of amidine groups is 1. The number of anilines is 3. The van der Waals surface area contributed by atoms with Crippen LogP contribution in [0.2, 0.25) is 0 Å². The molecule has 3 heterocycles. The predicted molar refractivity (Wildman–Crippen MR) is 147 cm³/mol.